The summed E-state index contributed by atoms with van der Waals surface area (Å²) in [7, 11) is 0. The molecule has 9 nitrogen and oxygen atoms in total. The number of hydrogen-bond donors (Lipinski definition) is 6. The Hall–Kier alpha value is -3.67. The van der Waals surface area contributed by atoms with Crippen molar-refractivity contribution in [2.24, 2.45) is 0 Å². The van der Waals surface area contributed by atoms with Crippen molar-refractivity contribution in [2.75, 3.05) is 13.2 Å². The van der Waals surface area contributed by atoms with Crippen LogP contribution in [-0.4, -0.2) is 87.5 Å². The van der Waals surface area contributed by atoms with Gasteiger partial charge in [0.1, 0.15) is 24.4 Å². The van der Waals surface area contributed by atoms with Gasteiger partial charge < -0.3 is 40.3 Å². The molecule has 1 heterocycles. The van der Waals surface area contributed by atoms with Crippen LogP contribution in [0.1, 0.15) is 194 Å². The fourth-order valence-corrected chi connectivity index (χ4v) is 7.87. The maximum absolute atomic E-state index is 13.0. The smallest absolute Gasteiger partial charge is 0.220 e. The van der Waals surface area contributed by atoms with E-state index < -0.39 is 49.5 Å². The third kappa shape index (κ3) is 39.5. The van der Waals surface area contributed by atoms with Crippen molar-refractivity contribution in [3.05, 3.63) is 134 Å². The number of rotatable bonds is 45. The third-order valence-corrected chi connectivity index (χ3v) is 12.3. The lowest BCUT2D eigenvalue weighted by Crippen LogP contribution is -2.60. The monoisotopic (exact) mass is 988 g/mol. The Morgan fingerprint density at radius 3 is 1.30 bits per heavy atom. The van der Waals surface area contributed by atoms with E-state index in [2.05, 4.69) is 153 Å². The van der Waals surface area contributed by atoms with Crippen molar-refractivity contribution in [3.63, 3.8) is 0 Å². The van der Waals surface area contributed by atoms with E-state index in [1.54, 1.807) is 0 Å². The number of amides is 1. The van der Waals surface area contributed by atoms with E-state index in [4.69, 9.17) is 9.47 Å². The van der Waals surface area contributed by atoms with Crippen molar-refractivity contribution in [3.8, 4) is 0 Å². The predicted octanol–water partition coefficient (Wildman–Crippen LogP) is 13.7. The molecular weight excluding hydrogens is 887 g/mol. The molecule has 0 radical (unpaired) electrons. The Morgan fingerprint density at radius 1 is 0.493 bits per heavy atom. The summed E-state index contributed by atoms with van der Waals surface area (Å²) in [5.74, 6) is -0.172. The summed E-state index contributed by atoms with van der Waals surface area (Å²) in [4.78, 5) is 13.0. The van der Waals surface area contributed by atoms with Crippen molar-refractivity contribution in [1.82, 2.24) is 5.32 Å². The molecule has 0 saturated carbocycles. The summed E-state index contributed by atoms with van der Waals surface area (Å²) < 4.78 is 11.2. The number of allylic oxidation sites excluding steroid dienone is 22. The zero-order valence-corrected chi connectivity index (χ0v) is 44.4. The summed E-state index contributed by atoms with van der Waals surface area (Å²) in [5, 5.41) is 54.3. The zero-order valence-electron chi connectivity index (χ0n) is 44.4. The molecule has 7 atom stereocenters. The molecule has 1 fully saturated rings. The third-order valence-electron chi connectivity index (χ3n) is 12.3. The first-order chi connectivity index (χ1) is 34.8. The van der Waals surface area contributed by atoms with Crippen LogP contribution in [0.5, 0.6) is 0 Å². The molecule has 0 aromatic heterocycles. The van der Waals surface area contributed by atoms with E-state index >= 15 is 0 Å². The second-order valence-corrected chi connectivity index (χ2v) is 18.6. The molecule has 1 rings (SSSR count). The molecule has 7 unspecified atom stereocenters. The van der Waals surface area contributed by atoms with E-state index in [-0.39, 0.29) is 12.5 Å². The maximum Gasteiger partial charge on any atom is 0.220 e. The number of nitrogens with one attached hydrogen (secondary N) is 1. The Morgan fingerprint density at radius 2 is 0.873 bits per heavy atom. The van der Waals surface area contributed by atoms with Gasteiger partial charge in [0, 0.05) is 6.42 Å². The summed E-state index contributed by atoms with van der Waals surface area (Å²) >= 11 is 0. The Bertz CT molecular complexity index is 1570. The lowest BCUT2D eigenvalue weighted by molar-refractivity contribution is -0.302. The Kier molecular flexibility index (Phi) is 45.9. The van der Waals surface area contributed by atoms with Crippen molar-refractivity contribution < 1.29 is 39.8 Å². The first-order valence-electron chi connectivity index (χ1n) is 27.9. The number of hydrogen-bond acceptors (Lipinski definition) is 8. The van der Waals surface area contributed by atoms with E-state index in [1.807, 2.05) is 0 Å². The van der Waals surface area contributed by atoms with Gasteiger partial charge in [0.05, 0.1) is 25.4 Å². The molecule has 1 aliphatic heterocycles. The summed E-state index contributed by atoms with van der Waals surface area (Å²) in [6.45, 7) is 3.66. The molecule has 0 bridgehead atoms. The molecule has 0 spiro atoms. The molecule has 402 valence electrons. The number of carbonyl (C=O) groups excluding carboxylic acids is 1. The number of aliphatic hydroxyl groups is 5. The van der Waals surface area contributed by atoms with Gasteiger partial charge in [-0.3, -0.25) is 4.79 Å². The predicted molar refractivity (Wildman–Crippen MR) is 299 cm³/mol. The van der Waals surface area contributed by atoms with Crippen molar-refractivity contribution in [1.29, 1.82) is 0 Å². The second-order valence-electron chi connectivity index (χ2n) is 18.6. The Labute approximate surface area is 432 Å². The fourth-order valence-electron chi connectivity index (χ4n) is 7.87. The van der Waals surface area contributed by atoms with Gasteiger partial charge in [-0.05, 0) is 96.3 Å². The van der Waals surface area contributed by atoms with Crippen LogP contribution in [-0.2, 0) is 14.3 Å². The standard InChI is InChI=1S/C62H101NO8/c1-3-5-7-9-11-13-14-15-16-17-18-19-20-21-22-23-24-25-26-27-28-29-30-31-32-33-34-35-36-37-38-39-40-41-42-44-46-48-50-52-58(66)63-55(56(65)51-49-47-45-43-12-10-8-6-4-2)54-70-62-61(69)60(68)59(67)57(53-64)71-62/h5,7,11,13,15-16,18-19,21-22,24-25,27-28,30-31,33-34,36-37,39-40,55-57,59-62,64-65,67-69H,3-4,6,8-10,12,14,17,20,23,26,29,32,35,38,41-54H2,1-2H3,(H,63,66)/b7-5-,13-11-,16-15-,19-18-,22-21-,25-24-,28-27-,31-30-,34-33-,37-36-,40-39-. The van der Waals surface area contributed by atoms with E-state index in [0.29, 0.717) is 12.8 Å². The largest absolute Gasteiger partial charge is 0.394 e. The lowest BCUT2D eigenvalue weighted by atomic mass is 9.99. The summed E-state index contributed by atoms with van der Waals surface area (Å²) in [6.07, 6.45) is 69.2. The molecule has 0 aromatic rings. The highest BCUT2D eigenvalue weighted by molar-refractivity contribution is 5.76. The summed E-state index contributed by atoms with van der Waals surface area (Å²) in [5.41, 5.74) is 0. The van der Waals surface area contributed by atoms with Crippen molar-refractivity contribution in [2.45, 2.75) is 236 Å². The maximum atomic E-state index is 13.0. The van der Waals surface area contributed by atoms with Gasteiger partial charge in [0.15, 0.2) is 6.29 Å². The molecule has 1 aliphatic rings. The van der Waals surface area contributed by atoms with Crippen LogP contribution in [0.3, 0.4) is 0 Å². The van der Waals surface area contributed by atoms with Gasteiger partial charge in [0.2, 0.25) is 5.91 Å². The van der Waals surface area contributed by atoms with Crippen LogP contribution in [0.2, 0.25) is 0 Å². The number of ether oxygens (including phenoxy) is 2. The highest BCUT2D eigenvalue weighted by Crippen LogP contribution is 2.23. The van der Waals surface area contributed by atoms with Crippen LogP contribution in [0.15, 0.2) is 134 Å². The molecule has 9 heteroatoms. The minimum atomic E-state index is -1.56. The second kappa shape index (κ2) is 49.9. The molecule has 1 saturated heterocycles. The first-order valence-corrected chi connectivity index (χ1v) is 27.9. The van der Waals surface area contributed by atoms with E-state index in [9.17, 15) is 30.3 Å². The molecule has 6 N–H and O–H groups in total. The quantitative estimate of drug-likeness (QED) is 0.0261. The van der Waals surface area contributed by atoms with Gasteiger partial charge in [-0.15, -0.1) is 0 Å². The first kappa shape index (κ1) is 65.3. The highest BCUT2D eigenvalue weighted by atomic mass is 16.7. The minimum absolute atomic E-state index is 0.155. The van der Waals surface area contributed by atoms with Crippen LogP contribution < -0.4 is 5.32 Å². The molecule has 71 heavy (non-hydrogen) atoms. The highest BCUT2D eigenvalue weighted by Gasteiger charge is 2.44. The lowest BCUT2D eigenvalue weighted by Gasteiger charge is -2.40. The minimum Gasteiger partial charge on any atom is -0.394 e. The van der Waals surface area contributed by atoms with E-state index in [1.165, 1.54) is 38.5 Å². The molecule has 1 amide bonds. The van der Waals surface area contributed by atoms with Gasteiger partial charge in [-0.25, -0.2) is 0 Å². The fraction of sp³-hybridized carbons (Fsp3) is 0.629. The topological polar surface area (TPSA) is 149 Å². The molecule has 0 aliphatic carbocycles. The van der Waals surface area contributed by atoms with Gasteiger partial charge in [-0.2, -0.15) is 0 Å². The zero-order chi connectivity index (χ0) is 51.5. The molecular formula is C62H101NO8. The average molecular weight is 988 g/mol. The van der Waals surface area contributed by atoms with Crippen molar-refractivity contribution >= 4 is 5.91 Å². The number of aliphatic hydroxyl groups excluding tert-OH is 5. The summed E-state index contributed by atoms with van der Waals surface area (Å²) in [6, 6.07) is -0.737. The SMILES string of the molecule is CC/C=C\C/C=C\C/C=C\C/C=C\C/C=C\C/C=C\C/C=C\C/C=C\C/C=C\C/C=C\C/C=C\CCCCCCCC(=O)NC(COC1OC(CO)C(O)C(O)C1O)C(O)CCCCCCCCCCC. The van der Waals surface area contributed by atoms with Crippen LogP contribution in [0.25, 0.3) is 0 Å². The van der Waals surface area contributed by atoms with Crippen LogP contribution in [0, 0.1) is 0 Å². The van der Waals surface area contributed by atoms with E-state index in [0.717, 1.165) is 128 Å². The van der Waals surface area contributed by atoms with Gasteiger partial charge >= 0.3 is 0 Å². The van der Waals surface area contributed by atoms with Crippen LogP contribution in [0.4, 0.5) is 0 Å². The van der Waals surface area contributed by atoms with Gasteiger partial charge in [-0.1, -0.05) is 225 Å². The number of unbranched alkanes of at least 4 members (excludes halogenated alkanes) is 13. The average Bonchev–Trinajstić information content (AvgIpc) is 3.37. The molecule has 0 aromatic carbocycles. The van der Waals surface area contributed by atoms with Crippen LogP contribution >= 0.6 is 0 Å². The van der Waals surface area contributed by atoms with Gasteiger partial charge in [0.25, 0.3) is 0 Å². The number of carbonyl (C=O) groups is 1. The Balaban J connectivity index is 2.15. The normalized spacial score (nSPS) is 20.4.